The van der Waals surface area contributed by atoms with Gasteiger partial charge < -0.3 is 10.2 Å². The van der Waals surface area contributed by atoms with Crippen LogP contribution in [-0.2, 0) is 32.7 Å². The van der Waals surface area contributed by atoms with Crippen molar-refractivity contribution in [3.63, 3.8) is 0 Å². The lowest BCUT2D eigenvalue weighted by molar-refractivity contribution is -0.128. The van der Waals surface area contributed by atoms with Gasteiger partial charge in [-0.05, 0) is 54.3 Å². The third-order valence-electron chi connectivity index (χ3n) is 6.19. The van der Waals surface area contributed by atoms with E-state index in [1.807, 2.05) is 36.1 Å². The largest absolute Gasteiger partial charge is 0.350 e. The highest BCUT2D eigenvalue weighted by Crippen LogP contribution is 2.28. The first-order valence-electron chi connectivity index (χ1n) is 11.7. The second-order valence-electron chi connectivity index (χ2n) is 8.72. The molecule has 3 aromatic carbocycles. The van der Waals surface area contributed by atoms with Gasteiger partial charge in [0.1, 0.15) is 6.54 Å². The minimum Gasteiger partial charge on any atom is -0.350 e. The maximum absolute atomic E-state index is 13.5. The predicted octanol–water partition coefficient (Wildman–Crippen LogP) is 4.28. The Labute approximate surface area is 216 Å². The molecule has 0 bridgehead atoms. The third kappa shape index (κ3) is 5.88. The average Bonchev–Trinajstić information content (AvgIpc) is 3.28. The fraction of sp³-hybridized carbons (Fsp3) is 0.259. The second kappa shape index (κ2) is 11.1. The van der Waals surface area contributed by atoms with E-state index in [1.165, 1.54) is 12.1 Å². The minimum absolute atomic E-state index is 0.0788. The van der Waals surface area contributed by atoms with Crippen LogP contribution in [0.4, 0.5) is 5.69 Å². The average molecular weight is 526 g/mol. The summed E-state index contributed by atoms with van der Waals surface area (Å²) >= 11 is 6.28. The van der Waals surface area contributed by atoms with Gasteiger partial charge in [0.2, 0.25) is 11.8 Å². The number of benzene rings is 3. The molecule has 9 heteroatoms. The molecule has 0 spiro atoms. The molecular formula is C27H28ClN3O4S. The van der Waals surface area contributed by atoms with Crippen LogP contribution in [0.5, 0.6) is 0 Å². The molecule has 1 aliphatic heterocycles. The van der Waals surface area contributed by atoms with Gasteiger partial charge in [-0.2, -0.15) is 0 Å². The summed E-state index contributed by atoms with van der Waals surface area (Å²) in [5.74, 6) is -0.328. The first kappa shape index (κ1) is 25.7. The predicted molar refractivity (Wildman–Crippen MR) is 140 cm³/mol. The van der Waals surface area contributed by atoms with Crippen LogP contribution < -0.4 is 9.62 Å². The van der Waals surface area contributed by atoms with Crippen LogP contribution in [0.1, 0.15) is 29.5 Å². The number of carbonyl (C=O) groups is 2. The standard InChI is InChI=1S/C27H28ClN3O4S/c1-20-13-14-23(16-25(20)28)31(36(34,35)24-10-3-2-4-11-24)19-26(32)29-17-21-8-5-6-9-22(21)18-30-15-7-12-27(30)33/h2-6,8-11,13-14,16H,7,12,15,17-19H2,1H3,(H,29,32). The first-order valence-corrected chi connectivity index (χ1v) is 13.5. The molecule has 4 rings (SSSR count). The maximum Gasteiger partial charge on any atom is 0.264 e. The minimum atomic E-state index is -4.02. The number of hydrogen-bond acceptors (Lipinski definition) is 4. The monoisotopic (exact) mass is 525 g/mol. The van der Waals surface area contributed by atoms with Gasteiger partial charge in [0.25, 0.3) is 10.0 Å². The Balaban J connectivity index is 1.53. The number of sulfonamides is 1. The van der Waals surface area contributed by atoms with E-state index in [0.29, 0.717) is 23.7 Å². The molecule has 1 fully saturated rings. The fourth-order valence-corrected chi connectivity index (χ4v) is 5.72. The van der Waals surface area contributed by atoms with E-state index in [2.05, 4.69) is 5.32 Å². The fourth-order valence-electron chi connectivity index (χ4n) is 4.11. The number of likely N-dealkylation sites (tertiary alicyclic amines) is 1. The lowest BCUT2D eigenvalue weighted by Crippen LogP contribution is -2.40. The zero-order chi connectivity index (χ0) is 25.7. The van der Waals surface area contributed by atoms with Gasteiger partial charge >= 0.3 is 0 Å². The van der Waals surface area contributed by atoms with Crippen LogP contribution in [0.15, 0.2) is 77.7 Å². The summed E-state index contributed by atoms with van der Waals surface area (Å²) in [6, 6.07) is 20.5. The number of anilines is 1. The van der Waals surface area contributed by atoms with E-state index in [4.69, 9.17) is 11.6 Å². The molecule has 188 valence electrons. The molecule has 0 aromatic heterocycles. The molecule has 0 unspecified atom stereocenters. The van der Waals surface area contributed by atoms with Crippen molar-refractivity contribution < 1.29 is 18.0 Å². The molecule has 1 aliphatic rings. The number of hydrogen-bond donors (Lipinski definition) is 1. The molecule has 1 saturated heterocycles. The smallest absolute Gasteiger partial charge is 0.264 e. The normalized spacial score (nSPS) is 13.6. The summed E-state index contributed by atoms with van der Waals surface area (Å²) < 4.78 is 28.0. The Morgan fingerprint density at radius 2 is 1.72 bits per heavy atom. The third-order valence-corrected chi connectivity index (χ3v) is 8.38. The Morgan fingerprint density at radius 1 is 1.03 bits per heavy atom. The van der Waals surface area contributed by atoms with E-state index in [0.717, 1.165) is 34.0 Å². The van der Waals surface area contributed by atoms with Gasteiger partial charge in [0.05, 0.1) is 10.6 Å². The zero-order valence-electron chi connectivity index (χ0n) is 20.0. The van der Waals surface area contributed by atoms with Gasteiger partial charge in [0, 0.05) is 31.1 Å². The van der Waals surface area contributed by atoms with Crippen LogP contribution in [0.3, 0.4) is 0 Å². The van der Waals surface area contributed by atoms with E-state index in [9.17, 15) is 18.0 Å². The van der Waals surface area contributed by atoms with E-state index in [1.54, 1.807) is 36.4 Å². The molecule has 7 nitrogen and oxygen atoms in total. The summed E-state index contributed by atoms with van der Waals surface area (Å²) in [6.07, 6.45) is 1.42. The molecule has 2 amide bonds. The summed E-state index contributed by atoms with van der Waals surface area (Å²) in [6.45, 7) is 2.84. The van der Waals surface area contributed by atoms with Crippen molar-refractivity contribution in [1.82, 2.24) is 10.2 Å². The highest BCUT2D eigenvalue weighted by Gasteiger charge is 2.27. The zero-order valence-corrected chi connectivity index (χ0v) is 21.6. The second-order valence-corrected chi connectivity index (χ2v) is 11.0. The van der Waals surface area contributed by atoms with Gasteiger partial charge in [0.15, 0.2) is 0 Å². The maximum atomic E-state index is 13.5. The number of rotatable bonds is 9. The number of aryl methyl sites for hydroxylation is 1. The van der Waals surface area contributed by atoms with Crippen LogP contribution in [-0.4, -0.2) is 38.2 Å². The van der Waals surface area contributed by atoms with Gasteiger partial charge in [-0.25, -0.2) is 8.42 Å². The molecule has 0 saturated carbocycles. The summed E-state index contributed by atoms with van der Waals surface area (Å²) in [4.78, 5) is 27.0. The van der Waals surface area contributed by atoms with Gasteiger partial charge in [-0.3, -0.25) is 13.9 Å². The van der Waals surface area contributed by atoms with E-state index in [-0.39, 0.29) is 17.3 Å². The highest BCUT2D eigenvalue weighted by atomic mass is 35.5. The Hall–Kier alpha value is -3.36. The van der Waals surface area contributed by atoms with Gasteiger partial charge in [-0.1, -0.05) is 60.1 Å². The molecule has 3 aromatic rings. The number of nitrogens with zero attached hydrogens (tertiary/aromatic N) is 2. The van der Waals surface area contributed by atoms with Crippen LogP contribution in [0.25, 0.3) is 0 Å². The molecule has 0 atom stereocenters. The summed E-state index contributed by atoms with van der Waals surface area (Å²) in [7, 11) is -4.02. The molecule has 0 radical (unpaired) electrons. The van der Waals surface area contributed by atoms with Crippen molar-refractivity contribution in [2.24, 2.45) is 0 Å². The van der Waals surface area contributed by atoms with Crippen LogP contribution in [0, 0.1) is 6.92 Å². The van der Waals surface area contributed by atoms with Crippen molar-refractivity contribution in [3.8, 4) is 0 Å². The number of nitrogens with one attached hydrogen (secondary N) is 1. The molecule has 0 aliphatic carbocycles. The number of halogens is 1. The van der Waals surface area contributed by atoms with Crippen molar-refractivity contribution in [1.29, 1.82) is 0 Å². The van der Waals surface area contributed by atoms with Crippen LogP contribution >= 0.6 is 11.6 Å². The number of amides is 2. The molecule has 1 N–H and O–H groups in total. The lowest BCUT2D eigenvalue weighted by Gasteiger charge is -2.25. The first-order chi connectivity index (χ1) is 17.3. The highest BCUT2D eigenvalue weighted by molar-refractivity contribution is 7.92. The van der Waals surface area contributed by atoms with Crippen molar-refractivity contribution in [3.05, 3.63) is 94.5 Å². The topological polar surface area (TPSA) is 86.8 Å². The van der Waals surface area contributed by atoms with Gasteiger partial charge in [-0.15, -0.1) is 0 Å². The van der Waals surface area contributed by atoms with E-state index >= 15 is 0 Å². The molecular weight excluding hydrogens is 498 g/mol. The number of carbonyl (C=O) groups excluding carboxylic acids is 2. The lowest BCUT2D eigenvalue weighted by atomic mass is 10.1. The molecule has 36 heavy (non-hydrogen) atoms. The quantitative estimate of drug-likeness (QED) is 0.451. The SMILES string of the molecule is Cc1ccc(N(CC(=O)NCc2ccccc2CN2CCCC2=O)S(=O)(=O)c2ccccc2)cc1Cl. The summed E-state index contributed by atoms with van der Waals surface area (Å²) in [5, 5.41) is 3.25. The van der Waals surface area contributed by atoms with E-state index < -0.39 is 22.5 Å². The Bertz CT molecular complexity index is 1360. The Morgan fingerprint density at radius 3 is 2.39 bits per heavy atom. The summed E-state index contributed by atoms with van der Waals surface area (Å²) in [5.41, 5.74) is 2.93. The Kier molecular flexibility index (Phi) is 7.96. The van der Waals surface area contributed by atoms with Crippen molar-refractivity contribution >= 4 is 39.1 Å². The van der Waals surface area contributed by atoms with Crippen molar-refractivity contribution in [2.75, 3.05) is 17.4 Å². The van der Waals surface area contributed by atoms with Crippen molar-refractivity contribution in [2.45, 2.75) is 37.8 Å². The van der Waals surface area contributed by atoms with Crippen LogP contribution in [0.2, 0.25) is 5.02 Å². The molecule has 1 heterocycles.